The fourth-order valence-electron chi connectivity index (χ4n) is 3.77. The molecule has 190 valence electrons. The Kier molecular flexibility index (Phi) is 10.3. The van der Waals surface area contributed by atoms with E-state index in [1.165, 1.54) is 17.9 Å². The third-order valence-corrected chi connectivity index (χ3v) is 6.04. The maximum absolute atomic E-state index is 13.5. The van der Waals surface area contributed by atoms with Crippen LogP contribution in [0.2, 0.25) is 0 Å². The lowest BCUT2D eigenvalue weighted by Crippen LogP contribution is -2.60. The van der Waals surface area contributed by atoms with E-state index in [0.717, 1.165) is 17.8 Å². The van der Waals surface area contributed by atoms with Crippen molar-refractivity contribution >= 4 is 23.5 Å². The predicted molar refractivity (Wildman–Crippen MR) is 137 cm³/mol. The summed E-state index contributed by atoms with van der Waals surface area (Å²) in [7, 11) is 3.34. The summed E-state index contributed by atoms with van der Waals surface area (Å²) in [6.45, 7) is 14.1. The van der Waals surface area contributed by atoms with Gasteiger partial charge in [-0.1, -0.05) is 52.8 Å². The van der Waals surface area contributed by atoms with Crippen LogP contribution < -0.4 is 16.0 Å². The zero-order chi connectivity index (χ0) is 26.3. The Morgan fingerprint density at radius 3 is 2.24 bits per heavy atom. The number of hydrogen-bond acceptors (Lipinski definition) is 5. The summed E-state index contributed by atoms with van der Waals surface area (Å²) in [5, 5.41) is 18.5. The highest BCUT2D eigenvalue weighted by molar-refractivity contribution is 5.91. The van der Waals surface area contributed by atoms with Gasteiger partial charge >= 0.3 is 5.97 Å². The number of carboxylic acid groups (broad SMARTS) is 1. The molecule has 1 aromatic rings. The smallest absolute Gasteiger partial charge is 0.331 e. The van der Waals surface area contributed by atoms with E-state index in [4.69, 9.17) is 5.11 Å². The fraction of sp³-hybridized carbons (Fsp3) is 0.577. The van der Waals surface area contributed by atoms with Crippen LogP contribution in [0.15, 0.2) is 35.9 Å². The van der Waals surface area contributed by atoms with Gasteiger partial charge in [-0.3, -0.25) is 9.59 Å². The van der Waals surface area contributed by atoms with Crippen molar-refractivity contribution in [3.63, 3.8) is 0 Å². The molecule has 1 aromatic carbocycles. The molecular weight excluding hydrogens is 432 g/mol. The molecule has 0 bridgehead atoms. The minimum Gasteiger partial charge on any atom is -0.478 e. The summed E-state index contributed by atoms with van der Waals surface area (Å²) < 4.78 is 0. The molecule has 0 aliphatic carbocycles. The second-order valence-electron chi connectivity index (χ2n) is 10.3. The Morgan fingerprint density at radius 1 is 1.12 bits per heavy atom. The van der Waals surface area contributed by atoms with E-state index in [1.807, 2.05) is 65.8 Å². The lowest BCUT2D eigenvalue weighted by molar-refractivity contribution is -0.139. The maximum Gasteiger partial charge on any atom is 0.331 e. The molecule has 0 radical (unpaired) electrons. The highest BCUT2D eigenvalue weighted by Gasteiger charge is 2.40. The molecular formula is C26H42N4O4. The van der Waals surface area contributed by atoms with Crippen LogP contribution in [0, 0.1) is 5.41 Å². The topological polar surface area (TPSA) is 111 Å². The Hall–Kier alpha value is -2.87. The van der Waals surface area contributed by atoms with Gasteiger partial charge in [0.05, 0.1) is 6.04 Å². The van der Waals surface area contributed by atoms with Crippen LogP contribution in [-0.4, -0.2) is 67.1 Å². The van der Waals surface area contributed by atoms with Gasteiger partial charge in [0.15, 0.2) is 0 Å². The molecule has 34 heavy (non-hydrogen) atoms. The molecule has 0 aromatic heterocycles. The number of hydrogen-bond donors (Lipinski definition) is 4. The van der Waals surface area contributed by atoms with Crippen molar-refractivity contribution in [3.8, 4) is 0 Å². The van der Waals surface area contributed by atoms with Gasteiger partial charge in [0, 0.05) is 36.8 Å². The summed E-state index contributed by atoms with van der Waals surface area (Å²) in [6.07, 6.45) is 1.48. The number of anilines is 1. The number of nitrogens with one attached hydrogen (secondary N) is 3. The first-order valence-corrected chi connectivity index (χ1v) is 11.6. The minimum absolute atomic E-state index is 0.136. The van der Waals surface area contributed by atoms with Crippen LogP contribution in [0.25, 0.3) is 0 Å². The van der Waals surface area contributed by atoms with Crippen molar-refractivity contribution < 1.29 is 19.5 Å². The van der Waals surface area contributed by atoms with Gasteiger partial charge < -0.3 is 26.0 Å². The first kappa shape index (κ1) is 29.2. The predicted octanol–water partition coefficient (Wildman–Crippen LogP) is 3.00. The number of nitrogens with zero attached hydrogens (tertiary/aromatic N) is 1. The van der Waals surface area contributed by atoms with Gasteiger partial charge in [-0.05, 0) is 44.0 Å². The van der Waals surface area contributed by atoms with Gasteiger partial charge in [0.25, 0.3) is 0 Å². The van der Waals surface area contributed by atoms with Crippen molar-refractivity contribution in [1.82, 2.24) is 15.5 Å². The van der Waals surface area contributed by atoms with Gasteiger partial charge in [-0.2, -0.15) is 0 Å². The fourth-order valence-corrected chi connectivity index (χ4v) is 3.77. The number of likely N-dealkylation sites (N-methyl/N-ethyl adjacent to an activating group) is 2. The molecule has 0 heterocycles. The van der Waals surface area contributed by atoms with Crippen LogP contribution in [-0.2, 0) is 19.8 Å². The normalized spacial score (nSPS) is 14.2. The van der Waals surface area contributed by atoms with Crippen molar-refractivity contribution in [3.05, 3.63) is 41.5 Å². The van der Waals surface area contributed by atoms with Gasteiger partial charge in [0.1, 0.15) is 6.04 Å². The van der Waals surface area contributed by atoms with Gasteiger partial charge in [-0.25, -0.2) is 4.79 Å². The van der Waals surface area contributed by atoms with Crippen LogP contribution in [0.3, 0.4) is 0 Å². The summed E-state index contributed by atoms with van der Waals surface area (Å²) in [4.78, 5) is 39.2. The molecule has 2 unspecified atom stereocenters. The third kappa shape index (κ3) is 7.58. The lowest BCUT2D eigenvalue weighted by Gasteiger charge is -2.38. The molecule has 0 spiro atoms. The number of amides is 2. The highest BCUT2D eigenvalue weighted by Crippen LogP contribution is 2.30. The minimum atomic E-state index is -1.03. The van der Waals surface area contributed by atoms with E-state index in [-0.39, 0.29) is 23.9 Å². The molecule has 0 saturated carbocycles. The maximum atomic E-state index is 13.5. The van der Waals surface area contributed by atoms with Crippen molar-refractivity contribution in [2.24, 2.45) is 5.41 Å². The number of carboxylic acids is 1. The second kappa shape index (κ2) is 12.0. The largest absolute Gasteiger partial charge is 0.478 e. The molecule has 4 N–H and O–H groups in total. The molecule has 0 fully saturated rings. The zero-order valence-electron chi connectivity index (χ0n) is 22.1. The van der Waals surface area contributed by atoms with Crippen molar-refractivity contribution in [1.29, 1.82) is 0 Å². The van der Waals surface area contributed by atoms with Crippen molar-refractivity contribution in [2.45, 2.75) is 66.0 Å². The van der Waals surface area contributed by atoms with Crippen LogP contribution in [0.1, 0.15) is 54.0 Å². The number of aliphatic carboxylic acids is 1. The Labute approximate surface area is 204 Å². The average molecular weight is 475 g/mol. The average Bonchev–Trinajstić information content (AvgIpc) is 2.74. The first-order valence-electron chi connectivity index (χ1n) is 11.6. The Balaban J connectivity index is 3.17. The standard InChI is InChI=1S/C26H42N4O4/c1-10-28-19-13-11-12-18(16-19)26(6,7)20(27-8)22(31)29-21(25(3,4)5)23(32)30(9)15-14-17(2)24(33)34/h11-14,16,20-21,27-28H,10,15H2,1-9H3,(H,29,31)(H,33,34)/b17-14+. The zero-order valence-corrected chi connectivity index (χ0v) is 22.1. The molecule has 0 aliphatic rings. The van der Waals surface area contributed by atoms with Gasteiger partial charge in [0.2, 0.25) is 11.8 Å². The molecule has 8 heteroatoms. The molecule has 2 amide bonds. The molecule has 0 saturated heterocycles. The lowest BCUT2D eigenvalue weighted by atomic mass is 9.76. The van der Waals surface area contributed by atoms with Crippen LogP contribution in [0.4, 0.5) is 5.69 Å². The third-order valence-electron chi connectivity index (χ3n) is 6.04. The summed E-state index contributed by atoms with van der Waals surface area (Å²) >= 11 is 0. The number of carbonyl (C=O) groups is 3. The van der Waals surface area contributed by atoms with E-state index in [9.17, 15) is 14.4 Å². The SMILES string of the molecule is CCNc1cccc(C(C)(C)C(NC)C(=O)NC(C(=O)N(C)C/C=C(\C)C(=O)O)C(C)(C)C)c1. The number of benzene rings is 1. The quantitative estimate of drug-likeness (QED) is 0.367. The Bertz CT molecular complexity index is 902. The van der Waals surface area contributed by atoms with Crippen molar-refractivity contribution in [2.75, 3.05) is 32.5 Å². The highest BCUT2D eigenvalue weighted by atomic mass is 16.4. The molecule has 8 nitrogen and oxygen atoms in total. The Morgan fingerprint density at radius 2 is 1.74 bits per heavy atom. The molecule has 0 aliphatic heterocycles. The summed E-state index contributed by atoms with van der Waals surface area (Å²) in [6, 6.07) is 6.60. The summed E-state index contributed by atoms with van der Waals surface area (Å²) in [5.74, 6) is -1.59. The van der Waals surface area contributed by atoms with E-state index in [2.05, 4.69) is 16.0 Å². The monoisotopic (exact) mass is 474 g/mol. The number of rotatable bonds is 11. The summed E-state index contributed by atoms with van der Waals surface area (Å²) in [5.41, 5.74) is 1.01. The van der Waals surface area contributed by atoms with Gasteiger partial charge in [-0.15, -0.1) is 0 Å². The van der Waals surface area contributed by atoms with E-state index in [1.54, 1.807) is 14.1 Å². The van der Waals surface area contributed by atoms with Crippen LogP contribution in [0.5, 0.6) is 0 Å². The number of carbonyl (C=O) groups excluding carboxylic acids is 2. The molecule has 2 atom stereocenters. The first-order chi connectivity index (χ1) is 15.7. The van der Waals surface area contributed by atoms with E-state index >= 15 is 0 Å². The van der Waals surface area contributed by atoms with E-state index in [0.29, 0.717) is 0 Å². The second-order valence-corrected chi connectivity index (χ2v) is 10.3. The van der Waals surface area contributed by atoms with Crippen LogP contribution >= 0.6 is 0 Å². The molecule has 1 rings (SSSR count). The van der Waals surface area contributed by atoms with E-state index < -0.39 is 28.9 Å².